The maximum absolute atomic E-state index is 11.8. The van der Waals surface area contributed by atoms with Gasteiger partial charge in [0, 0.05) is 6.04 Å². The van der Waals surface area contributed by atoms with Gasteiger partial charge in [0.05, 0.1) is 5.92 Å². The van der Waals surface area contributed by atoms with E-state index in [1.807, 2.05) is 0 Å². The van der Waals surface area contributed by atoms with Crippen molar-refractivity contribution in [1.82, 2.24) is 0 Å². The van der Waals surface area contributed by atoms with E-state index in [9.17, 15) is 13.2 Å². The first-order valence-electron chi connectivity index (χ1n) is 3.16. The zero-order valence-corrected chi connectivity index (χ0v) is 6.07. The summed E-state index contributed by atoms with van der Waals surface area (Å²) in [5, 5.41) is 0. The van der Waals surface area contributed by atoms with Crippen LogP contribution in [0.15, 0.2) is 0 Å². The van der Waals surface area contributed by atoms with Crippen LogP contribution in [0.25, 0.3) is 0 Å². The van der Waals surface area contributed by atoms with E-state index in [0.717, 1.165) is 6.92 Å². The minimum atomic E-state index is -4.09. The van der Waals surface area contributed by atoms with Gasteiger partial charge >= 0.3 is 6.18 Å². The van der Waals surface area contributed by atoms with E-state index in [1.165, 1.54) is 0 Å². The Bertz CT molecular complexity index is 97.7. The predicted octanol–water partition coefficient (Wildman–Crippen LogP) is 1.92. The van der Waals surface area contributed by atoms with Crippen molar-refractivity contribution in [2.24, 2.45) is 11.7 Å². The minimum absolute atomic E-state index is 0.00347. The number of halogens is 3. The first-order valence-corrected chi connectivity index (χ1v) is 3.16. The summed E-state index contributed by atoms with van der Waals surface area (Å²) in [6.45, 7) is 2.71. The molecule has 2 N–H and O–H groups in total. The summed E-state index contributed by atoms with van der Waals surface area (Å²) in [7, 11) is 0. The molecule has 0 aliphatic heterocycles. The Labute approximate surface area is 58.4 Å². The van der Waals surface area contributed by atoms with Crippen molar-refractivity contribution in [1.29, 1.82) is 0 Å². The molecule has 2 atom stereocenters. The maximum atomic E-state index is 11.8. The Hall–Kier alpha value is -0.250. The predicted molar refractivity (Wildman–Crippen MR) is 33.5 cm³/mol. The van der Waals surface area contributed by atoms with Crippen LogP contribution in [0.5, 0.6) is 0 Å². The van der Waals surface area contributed by atoms with Crippen LogP contribution < -0.4 is 5.73 Å². The molecule has 0 aromatic heterocycles. The van der Waals surface area contributed by atoms with E-state index in [4.69, 9.17) is 5.73 Å². The first-order chi connectivity index (χ1) is 4.34. The van der Waals surface area contributed by atoms with Crippen LogP contribution >= 0.6 is 0 Å². The van der Waals surface area contributed by atoms with Gasteiger partial charge in [-0.25, -0.2) is 0 Å². The van der Waals surface area contributed by atoms with Crippen LogP contribution in [0.3, 0.4) is 0 Å². The molecule has 10 heavy (non-hydrogen) atoms. The number of hydrogen-bond acceptors (Lipinski definition) is 1. The summed E-state index contributed by atoms with van der Waals surface area (Å²) >= 11 is 0. The highest BCUT2D eigenvalue weighted by atomic mass is 19.4. The maximum Gasteiger partial charge on any atom is 0.391 e. The molecule has 0 spiro atoms. The lowest BCUT2D eigenvalue weighted by Gasteiger charge is -2.16. The smallest absolute Gasteiger partial charge is 0.328 e. The van der Waals surface area contributed by atoms with Gasteiger partial charge in [0.25, 0.3) is 0 Å². The molecule has 0 rings (SSSR count). The van der Waals surface area contributed by atoms with Crippen molar-refractivity contribution >= 4 is 0 Å². The molecule has 62 valence electrons. The highest BCUT2D eigenvalue weighted by Gasteiger charge is 2.35. The molecule has 0 fully saturated rings. The van der Waals surface area contributed by atoms with Crippen LogP contribution in [0.1, 0.15) is 20.3 Å². The molecule has 0 radical (unpaired) electrons. The number of rotatable bonds is 2. The fraction of sp³-hybridized carbons (Fsp3) is 1.00. The molecule has 1 nitrogen and oxygen atoms in total. The topological polar surface area (TPSA) is 26.0 Å². The molecule has 2 unspecified atom stereocenters. The average Bonchev–Trinajstić information content (AvgIpc) is 1.60. The van der Waals surface area contributed by atoms with Crippen LogP contribution in [-0.2, 0) is 0 Å². The highest BCUT2D eigenvalue weighted by molar-refractivity contribution is 4.66. The van der Waals surface area contributed by atoms with Crippen molar-refractivity contribution in [3.8, 4) is 0 Å². The molecular formula is C6H12F3N. The number of nitrogens with two attached hydrogens (primary N) is 1. The first kappa shape index (κ1) is 9.75. The third-order valence-corrected chi connectivity index (χ3v) is 1.28. The molecule has 0 amide bonds. The lowest BCUT2D eigenvalue weighted by Crippen LogP contribution is -2.27. The van der Waals surface area contributed by atoms with Gasteiger partial charge in [0.1, 0.15) is 0 Å². The van der Waals surface area contributed by atoms with Crippen LogP contribution in [0, 0.1) is 5.92 Å². The van der Waals surface area contributed by atoms with Gasteiger partial charge < -0.3 is 5.73 Å². The summed E-state index contributed by atoms with van der Waals surface area (Å²) in [4.78, 5) is 0. The fourth-order valence-corrected chi connectivity index (χ4v) is 0.691. The molecule has 0 aliphatic carbocycles. The highest BCUT2D eigenvalue weighted by Crippen LogP contribution is 2.28. The molecule has 0 bridgehead atoms. The number of hydrogen-bond donors (Lipinski definition) is 1. The lowest BCUT2D eigenvalue weighted by molar-refractivity contribution is -0.171. The Kier molecular flexibility index (Phi) is 3.15. The Morgan fingerprint density at radius 3 is 1.80 bits per heavy atom. The van der Waals surface area contributed by atoms with Crippen LogP contribution in [0.2, 0.25) is 0 Å². The van der Waals surface area contributed by atoms with Gasteiger partial charge in [0.15, 0.2) is 0 Å². The summed E-state index contributed by atoms with van der Waals surface area (Å²) in [5.41, 5.74) is 5.19. The standard InChI is InChI=1S/C6H12F3N/c1-4(3-5(2)10)6(7,8)9/h4-5H,3,10H2,1-2H3. The summed E-state index contributed by atoms with van der Waals surface area (Å²) in [6.07, 6.45) is -4.09. The molecule has 0 saturated carbocycles. The van der Waals surface area contributed by atoms with Gasteiger partial charge in [-0.2, -0.15) is 13.2 Å². The Morgan fingerprint density at radius 2 is 1.70 bits per heavy atom. The molecule has 0 aromatic rings. The summed E-state index contributed by atoms with van der Waals surface area (Å²) < 4.78 is 35.3. The normalized spacial score (nSPS) is 18.6. The summed E-state index contributed by atoms with van der Waals surface area (Å²) in [5.74, 6) is -1.28. The Morgan fingerprint density at radius 1 is 1.30 bits per heavy atom. The molecule has 0 saturated heterocycles. The van der Waals surface area contributed by atoms with E-state index in [1.54, 1.807) is 6.92 Å². The van der Waals surface area contributed by atoms with Gasteiger partial charge in [-0.05, 0) is 13.3 Å². The second-order valence-electron chi connectivity index (χ2n) is 2.66. The van der Waals surface area contributed by atoms with Crippen molar-refractivity contribution in [2.45, 2.75) is 32.5 Å². The molecular weight excluding hydrogens is 143 g/mol. The van der Waals surface area contributed by atoms with Gasteiger partial charge in [0.2, 0.25) is 0 Å². The van der Waals surface area contributed by atoms with E-state index >= 15 is 0 Å². The van der Waals surface area contributed by atoms with Crippen LogP contribution in [-0.4, -0.2) is 12.2 Å². The zero-order chi connectivity index (χ0) is 8.36. The third-order valence-electron chi connectivity index (χ3n) is 1.28. The number of alkyl halides is 3. The molecule has 0 aliphatic rings. The van der Waals surface area contributed by atoms with Crippen molar-refractivity contribution < 1.29 is 13.2 Å². The quantitative estimate of drug-likeness (QED) is 0.647. The van der Waals surface area contributed by atoms with E-state index in [-0.39, 0.29) is 12.5 Å². The Balaban J connectivity index is 3.73. The molecule has 0 heterocycles. The van der Waals surface area contributed by atoms with Gasteiger partial charge in [-0.15, -0.1) is 0 Å². The van der Waals surface area contributed by atoms with E-state index in [0.29, 0.717) is 0 Å². The second kappa shape index (κ2) is 3.23. The van der Waals surface area contributed by atoms with Gasteiger partial charge in [-0.1, -0.05) is 6.92 Å². The van der Waals surface area contributed by atoms with E-state index < -0.39 is 12.1 Å². The van der Waals surface area contributed by atoms with Crippen molar-refractivity contribution in [3.63, 3.8) is 0 Å². The SMILES string of the molecule is CC(N)CC(C)C(F)(F)F. The fourth-order valence-electron chi connectivity index (χ4n) is 0.691. The van der Waals surface area contributed by atoms with Crippen LogP contribution in [0.4, 0.5) is 13.2 Å². The lowest BCUT2D eigenvalue weighted by atomic mass is 10.0. The zero-order valence-electron chi connectivity index (χ0n) is 6.07. The largest absolute Gasteiger partial charge is 0.391 e. The van der Waals surface area contributed by atoms with E-state index in [2.05, 4.69) is 0 Å². The third kappa shape index (κ3) is 3.71. The monoisotopic (exact) mass is 155 g/mol. The molecule has 4 heteroatoms. The molecule has 0 aromatic carbocycles. The van der Waals surface area contributed by atoms with Crippen molar-refractivity contribution in [2.75, 3.05) is 0 Å². The summed E-state index contributed by atoms with van der Waals surface area (Å²) in [6, 6.07) is -0.378. The minimum Gasteiger partial charge on any atom is -0.328 e. The second-order valence-corrected chi connectivity index (χ2v) is 2.66. The average molecular weight is 155 g/mol. The van der Waals surface area contributed by atoms with Gasteiger partial charge in [-0.3, -0.25) is 0 Å². The van der Waals surface area contributed by atoms with Crippen molar-refractivity contribution in [3.05, 3.63) is 0 Å².